The minimum absolute atomic E-state index is 0.0390. The Balaban J connectivity index is 1.70. The minimum atomic E-state index is -1.53. The molecule has 4 atom stereocenters. The van der Waals surface area contributed by atoms with Crippen LogP contribution in [0.3, 0.4) is 0 Å². The second-order valence-corrected chi connectivity index (χ2v) is 11.4. The number of carboxylic acids is 1. The molecule has 13 nitrogen and oxygen atoms in total. The maximum absolute atomic E-state index is 14.0. The van der Waals surface area contributed by atoms with Gasteiger partial charge in [-0.3, -0.25) is 28.8 Å². The van der Waals surface area contributed by atoms with Crippen LogP contribution >= 0.6 is 0 Å². The summed E-state index contributed by atoms with van der Waals surface area (Å²) in [4.78, 5) is 83.8. The van der Waals surface area contributed by atoms with Crippen LogP contribution in [-0.4, -0.2) is 88.3 Å². The first-order valence-electron chi connectivity index (χ1n) is 15.3. The molecule has 0 spiro atoms. The van der Waals surface area contributed by atoms with Crippen LogP contribution < -0.4 is 21.3 Å². The number of aliphatic carboxylic acids is 1. The molecular weight excluding hydrogens is 592 g/mol. The number of likely N-dealkylation sites (N-methyl/N-ethyl adjacent to an activating group) is 1. The van der Waals surface area contributed by atoms with Crippen LogP contribution in [0.1, 0.15) is 43.7 Å². The van der Waals surface area contributed by atoms with E-state index >= 15 is 0 Å². The average molecular weight is 633 g/mol. The fourth-order valence-electron chi connectivity index (χ4n) is 5.54. The van der Waals surface area contributed by atoms with E-state index in [1.165, 1.54) is 11.9 Å². The van der Waals surface area contributed by atoms with Gasteiger partial charge in [-0.2, -0.15) is 0 Å². The third-order valence-corrected chi connectivity index (χ3v) is 8.03. The molecule has 0 bridgehead atoms. The van der Waals surface area contributed by atoms with E-state index in [0.717, 1.165) is 16.5 Å². The molecule has 13 heteroatoms. The zero-order chi connectivity index (χ0) is 33.2. The third kappa shape index (κ3) is 8.71. The number of carbonyl (C=O) groups excluding carboxylic acids is 5. The summed E-state index contributed by atoms with van der Waals surface area (Å²) >= 11 is 0. The van der Waals surface area contributed by atoms with Gasteiger partial charge in [-0.15, -0.1) is 0 Å². The normalized spacial score (nSPS) is 21.9. The SMILES string of the molecule is CCCC[C@H]1C(=O)N[C@@H](CC(=O)O)C(=O)N[C@@H](Cc2ccccc2)C(=O)NCC(=O)N[C@@H](Cc2c[nH]c3ccccc23)C(=O)N1C. The summed E-state index contributed by atoms with van der Waals surface area (Å²) in [5.74, 6) is -4.84. The number of aromatic amines is 1. The molecule has 1 fully saturated rings. The number of fused-ring (bicyclic) bond motifs is 1. The van der Waals surface area contributed by atoms with Gasteiger partial charge in [0.15, 0.2) is 0 Å². The third-order valence-electron chi connectivity index (χ3n) is 8.03. The van der Waals surface area contributed by atoms with Gasteiger partial charge in [-0.25, -0.2) is 0 Å². The molecule has 6 N–H and O–H groups in total. The Morgan fingerprint density at radius 3 is 2.26 bits per heavy atom. The fourth-order valence-corrected chi connectivity index (χ4v) is 5.54. The van der Waals surface area contributed by atoms with Crippen molar-refractivity contribution in [2.45, 2.75) is 69.6 Å². The van der Waals surface area contributed by atoms with Gasteiger partial charge in [0.2, 0.25) is 29.5 Å². The number of H-pyrrole nitrogens is 1. The van der Waals surface area contributed by atoms with E-state index in [2.05, 4.69) is 26.3 Å². The zero-order valence-electron chi connectivity index (χ0n) is 25.9. The van der Waals surface area contributed by atoms with Crippen molar-refractivity contribution < 1.29 is 33.9 Å². The second kappa shape index (κ2) is 15.7. The van der Waals surface area contributed by atoms with Gasteiger partial charge in [0.25, 0.3) is 0 Å². The summed E-state index contributed by atoms with van der Waals surface area (Å²) in [6.45, 7) is 1.43. The number of nitrogens with zero attached hydrogens (tertiary/aromatic N) is 1. The first-order chi connectivity index (χ1) is 22.1. The van der Waals surface area contributed by atoms with Crippen molar-refractivity contribution in [2.75, 3.05) is 13.6 Å². The number of para-hydroxylation sites is 1. The first-order valence-corrected chi connectivity index (χ1v) is 15.3. The Bertz CT molecular complexity index is 1570. The molecule has 0 saturated carbocycles. The lowest BCUT2D eigenvalue weighted by Crippen LogP contribution is -2.58. The number of unbranched alkanes of at least 4 members (excludes halogenated alkanes) is 1. The van der Waals surface area contributed by atoms with Gasteiger partial charge >= 0.3 is 5.97 Å². The maximum atomic E-state index is 14.0. The lowest BCUT2D eigenvalue weighted by molar-refractivity contribution is -0.144. The lowest BCUT2D eigenvalue weighted by atomic mass is 10.0. The molecule has 0 aliphatic carbocycles. The van der Waals surface area contributed by atoms with E-state index in [1.54, 1.807) is 36.5 Å². The number of rotatable bonds is 9. The van der Waals surface area contributed by atoms with Crippen LogP contribution in [0.5, 0.6) is 0 Å². The van der Waals surface area contributed by atoms with Gasteiger partial charge in [-0.1, -0.05) is 68.3 Å². The van der Waals surface area contributed by atoms with Crippen molar-refractivity contribution >= 4 is 46.4 Å². The number of carbonyl (C=O) groups is 6. The molecular formula is C33H40N6O7. The standard InChI is InChI=1S/C33H40N6O7/c1-3-4-14-27-32(45)38-25(17-29(41)42)31(44)37-24(15-20-10-6-5-7-11-20)30(43)35-19-28(40)36-26(33(46)39(27)2)16-21-18-34-23-13-9-8-12-22(21)23/h5-13,18,24-27,34H,3-4,14-17,19H2,1-2H3,(H,35,43)(H,36,40)(H,37,44)(H,38,45)(H,41,42)/t24-,25-,26-,27-/m0/s1. The number of hydrogen-bond acceptors (Lipinski definition) is 6. The van der Waals surface area contributed by atoms with Gasteiger partial charge in [-0.05, 0) is 23.6 Å². The molecule has 3 aromatic rings. The van der Waals surface area contributed by atoms with E-state index in [1.807, 2.05) is 31.2 Å². The van der Waals surface area contributed by atoms with Crippen LogP contribution in [0.2, 0.25) is 0 Å². The number of amides is 5. The molecule has 1 aromatic heterocycles. The summed E-state index contributed by atoms with van der Waals surface area (Å²) in [6, 6.07) is 11.4. The molecule has 2 heterocycles. The minimum Gasteiger partial charge on any atom is -0.481 e. The predicted molar refractivity (Wildman–Crippen MR) is 169 cm³/mol. The van der Waals surface area contributed by atoms with Gasteiger partial charge in [0.05, 0.1) is 13.0 Å². The summed E-state index contributed by atoms with van der Waals surface area (Å²) in [5, 5.41) is 20.8. The molecule has 0 radical (unpaired) electrons. The molecule has 1 aliphatic heterocycles. The van der Waals surface area contributed by atoms with Crippen molar-refractivity contribution in [3.63, 3.8) is 0 Å². The Morgan fingerprint density at radius 2 is 1.54 bits per heavy atom. The number of benzene rings is 2. The largest absolute Gasteiger partial charge is 0.481 e. The monoisotopic (exact) mass is 632 g/mol. The first kappa shape index (κ1) is 33.7. The number of carboxylic acid groups (broad SMARTS) is 1. The highest BCUT2D eigenvalue weighted by Gasteiger charge is 2.36. The Hall–Kier alpha value is -5.20. The summed E-state index contributed by atoms with van der Waals surface area (Å²) in [7, 11) is 1.44. The smallest absolute Gasteiger partial charge is 0.305 e. The van der Waals surface area contributed by atoms with E-state index < -0.39 is 72.6 Å². The Labute approximate surface area is 266 Å². The molecule has 2 aromatic carbocycles. The summed E-state index contributed by atoms with van der Waals surface area (Å²) in [5.41, 5.74) is 2.31. The van der Waals surface area contributed by atoms with E-state index in [-0.39, 0.29) is 19.3 Å². The Kier molecular flexibility index (Phi) is 11.5. The van der Waals surface area contributed by atoms with Crippen molar-refractivity contribution in [3.8, 4) is 0 Å². The van der Waals surface area contributed by atoms with Crippen molar-refractivity contribution in [1.29, 1.82) is 0 Å². The Morgan fingerprint density at radius 1 is 0.848 bits per heavy atom. The van der Waals surface area contributed by atoms with E-state index in [9.17, 15) is 33.9 Å². The number of aromatic nitrogens is 1. The topological polar surface area (TPSA) is 190 Å². The molecule has 5 amide bonds. The molecule has 0 unspecified atom stereocenters. The van der Waals surface area contributed by atoms with Gasteiger partial charge in [0, 0.05) is 37.0 Å². The quantitative estimate of drug-likeness (QED) is 0.203. The van der Waals surface area contributed by atoms with Crippen LogP contribution in [0, 0.1) is 0 Å². The van der Waals surface area contributed by atoms with Crippen LogP contribution in [0.25, 0.3) is 10.9 Å². The van der Waals surface area contributed by atoms with E-state index in [4.69, 9.17) is 0 Å². The number of hydrogen-bond donors (Lipinski definition) is 6. The van der Waals surface area contributed by atoms with Crippen molar-refractivity contribution in [2.24, 2.45) is 0 Å². The predicted octanol–water partition coefficient (Wildman–Crippen LogP) is 1.03. The van der Waals surface area contributed by atoms with Gasteiger partial charge in [0.1, 0.15) is 24.2 Å². The fraction of sp³-hybridized carbons (Fsp3) is 0.394. The molecule has 4 rings (SSSR count). The van der Waals surface area contributed by atoms with Crippen molar-refractivity contribution in [1.82, 2.24) is 31.2 Å². The maximum Gasteiger partial charge on any atom is 0.305 e. The summed E-state index contributed by atoms with van der Waals surface area (Å²) in [6.07, 6.45) is 2.63. The van der Waals surface area contributed by atoms with Crippen molar-refractivity contribution in [3.05, 3.63) is 71.9 Å². The highest BCUT2D eigenvalue weighted by molar-refractivity contribution is 5.98. The molecule has 1 saturated heterocycles. The summed E-state index contributed by atoms with van der Waals surface area (Å²) < 4.78 is 0. The van der Waals surface area contributed by atoms with Gasteiger partial charge < -0.3 is 36.3 Å². The highest BCUT2D eigenvalue weighted by atomic mass is 16.4. The molecule has 244 valence electrons. The highest BCUT2D eigenvalue weighted by Crippen LogP contribution is 2.20. The van der Waals surface area contributed by atoms with Crippen LogP contribution in [0.4, 0.5) is 0 Å². The van der Waals surface area contributed by atoms with Crippen LogP contribution in [-0.2, 0) is 41.6 Å². The lowest BCUT2D eigenvalue weighted by Gasteiger charge is -2.32. The molecule has 46 heavy (non-hydrogen) atoms. The second-order valence-electron chi connectivity index (χ2n) is 11.4. The van der Waals surface area contributed by atoms with Crippen LogP contribution in [0.15, 0.2) is 60.8 Å². The molecule has 1 aliphatic rings. The van der Waals surface area contributed by atoms with E-state index in [0.29, 0.717) is 18.4 Å². The zero-order valence-corrected chi connectivity index (χ0v) is 25.9. The average Bonchev–Trinajstić information content (AvgIpc) is 3.44. The number of nitrogens with one attached hydrogen (secondary N) is 5.